The number of rotatable bonds is 6. The Balaban J connectivity index is 2.04. The summed E-state index contributed by atoms with van der Waals surface area (Å²) < 4.78 is 2.32. The van der Waals surface area contributed by atoms with Crippen molar-refractivity contribution in [3.05, 3.63) is 36.2 Å². The highest BCUT2D eigenvalue weighted by Crippen LogP contribution is 2.32. The Morgan fingerprint density at radius 2 is 1.91 bits per heavy atom. The molecule has 0 radical (unpaired) electrons. The molecule has 0 aliphatic heterocycles. The van der Waals surface area contributed by atoms with Crippen LogP contribution in [0.1, 0.15) is 26.0 Å². The second-order valence-electron chi connectivity index (χ2n) is 6.03. The summed E-state index contributed by atoms with van der Waals surface area (Å²) in [5, 5.41) is 12.3. The van der Waals surface area contributed by atoms with Gasteiger partial charge in [0.1, 0.15) is 5.75 Å². The van der Waals surface area contributed by atoms with E-state index in [0.717, 1.165) is 43.8 Å². The number of benzene rings is 1. The van der Waals surface area contributed by atoms with Gasteiger partial charge in [-0.3, -0.25) is 4.98 Å². The quantitative estimate of drug-likeness (QED) is 0.750. The van der Waals surface area contributed by atoms with Crippen molar-refractivity contribution in [1.29, 1.82) is 0 Å². The Bertz CT molecular complexity index is 818. The molecule has 0 unspecified atom stereocenters. The average molecular weight is 311 g/mol. The Labute approximate surface area is 137 Å². The minimum Gasteiger partial charge on any atom is -0.508 e. The summed E-state index contributed by atoms with van der Waals surface area (Å²) in [5.41, 5.74) is 3.32. The fourth-order valence-corrected chi connectivity index (χ4v) is 3.43. The lowest BCUT2D eigenvalue weighted by molar-refractivity contribution is 0.294. The van der Waals surface area contributed by atoms with Crippen molar-refractivity contribution in [2.24, 2.45) is 0 Å². The van der Waals surface area contributed by atoms with E-state index in [1.165, 1.54) is 16.3 Å². The van der Waals surface area contributed by atoms with Crippen molar-refractivity contribution >= 4 is 21.8 Å². The van der Waals surface area contributed by atoms with Crippen LogP contribution >= 0.6 is 0 Å². The summed E-state index contributed by atoms with van der Waals surface area (Å²) in [5.74, 6) is 0.316. The van der Waals surface area contributed by atoms with Gasteiger partial charge in [-0.15, -0.1) is 0 Å². The number of fused-ring (bicyclic) bond motifs is 3. The first-order valence-corrected chi connectivity index (χ1v) is 8.44. The maximum absolute atomic E-state index is 9.90. The van der Waals surface area contributed by atoms with Gasteiger partial charge in [-0.05, 0) is 51.2 Å². The molecule has 4 heteroatoms. The normalized spacial score (nSPS) is 11.8. The van der Waals surface area contributed by atoms with Crippen molar-refractivity contribution in [3.63, 3.8) is 0 Å². The van der Waals surface area contributed by atoms with Crippen molar-refractivity contribution in [2.75, 3.05) is 19.6 Å². The van der Waals surface area contributed by atoms with E-state index < -0.39 is 0 Å². The van der Waals surface area contributed by atoms with Gasteiger partial charge < -0.3 is 14.6 Å². The lowest BCUT2D eigenvalue weighted by Crippen LogP contribution is -2.24. The Kier molecular flexibility index (Phi) is 4.53. The molecule has 0 amide bonds. The van der Waals surface area contributed by atoms with E-state index in [0.29, 0.717) is 5.75 Å². The number of nitrogens with zero attached hydrogens (tertiary/aromatic N) is 3. The van der Waals surface area contributed by atoms with Crippen LogP contribution in [0.2, 0.25) is 0 Å². The van der Waals surface area contributed by atoms with E-state index in [1.807, 2.05) is 18.3 Å². The van der Waals surface area contributed by atoms with E-state index in [4.69, 9.17) is 0 Å². The summed E-state index contributed by atoms with van der Waals surface area (Å²) in [6, 6.07) is 7.71. The molecule has 0 aliphatic rings. The van der Waals surface area contributed by atoms with Gasteiger partial charge in [0.2, 0.25) is 0 Å². The molecule has 0 saturated carbocycles. The van der Waals surface area contributed by atoms with Crippen LogP contribution in [-0.4, -0.2) is 39.2 Å². The third-order valence-corrected chi connectivity index (χ3v) is 4.69. The molecule has 0 aliphatic carbocycles. The second-order valence-corrected chi connectivity index (χ2v) is 6.03. The lowest BCUT2D eigenvalue weighted by Gasteiger charge is -2.18. The van der Waals surface area contributed by atoms with Crippen LogP contribution in [0, 0.1) is 6.92 Å². The van der Waals surface area contributed by atoms with E-state index in [9.17, 15) is 5.11 Å². The Morgan fingerprint density at radius 1 is 1.13 bits per heavy atom. The summed E-state index contributed by atoms with van der Waals surface area (Å²) in [6.07, 6.45) is 2.95. The number of aromatic nitrogens is 2. The fraction of sp³-hybridized carbons (Fsp3) is 0.421. The van der Waals surface area contributed by atoms with Crippen LogP contribution in [0.25, 0.3) is 21.8 Å². The van der Waals surface area contributed by atoms with Crippen molar-refractivity contribution < 1.29 is 5.11 Å². The third kappa shape index (κ3) is 2.91. The largest absolute Gasteiger partial charge is 0.508 e. The zero-order valence-electron chi connectivity index (χ0n) is 14.2. The SMILES string of the molecule is CCN(CC)CCCn1c2cc(O)ccc2c2ccnc(C)c21. The molecule has 3 rings (SSSR count). The van der Waals surface area contributed by atoms with Crippen LogP contribution in [0.15, 0.2) is 30.5 Å². The molecule has 0 fully saturated rings. The van der Waals surface area contributed by atoms with Gasteiger partial charge in [-0.25, -0.2) is 0 Å². The van der Waals surface area contributed by atoms with E-state index in [-0.39, 0.29) is 0 Å². The number of hydrogen-bond acceptors (Lipinski definition) is 3. The average Bonchev–Trinajstić information content (AvgIpc) is 2.86. The van der Waals surface area contributed by atoms with Crippen molar-refractivity contribution in [1.82, 2.24) is 14.5 Å². The van der Waals surface area contributed by atoms with E-state index in [2.05, 4.69) is 41.3 Å². The first-order valence-electron chi connectivity index (χ1n) is 8.44. The van der Waals surface area contributed by atoms with Crippen LogP contribution < -0.4 is 0 Å². The number of aromatic hydroxyl groups is 1. The van der Waals surface area contributed by atoms with Crippen molar-refractivity contribution in [2.45, 2.75) is 33.7 Å². The minimum absolute atomic E-state index is 0.316. The number of aryl methyl sites for hydroxylation is 2. The fourth-order valence-electron chi connectivity index (χ4n) is 3.43. The van der Waals surface area contributed by atoms with Gasteiger partial charge in [0.25, 0.3) is 0 Å². The lowest BCUT2D eigenvalue weighted by atomic mass is 10.1. The van der Waals surface area contributed by atoms with Gasteiger partial charge in [-0.2, -0.15) is 0 Å². The molecule has 23 heavy (non-hydrogen) atoms. The summed E-state index contributed by atoms with van der Waals surface area (Å²) in [6.45, 7) is 10.7. The van der Waals surface area contributed by atoms with E-state index >= 15 is 0 Å². The molecule has 122 valence electrons. The Hall–Kier alpha value is -2.07. The highest BCUT2D eigenvalue weighted by Gasteiger charge is 2.13. The number of hydrogen-bond donors (Lipinski definition) is 1. The molecule has 0 atom stereocenters. The van der Waals surface area contributed by atoms with E-state index in [1.54, 1.807) is 6.07 Å². The number of phenols is 1. The van der Waals surface area contributed by atoms with Crippen LogP contribution in [0.5, 0.6) is 5.75 Å². The predicted molar refractivity (Wildman–Crippen MR) is 96.0 cm³/mol. The molecular weight excluding hydrogens is 286 g/mol. The summed E-state index contributed by atoms with van der Waals surface area (Å²) in [4.78, 5) is 6.91. The van der Waals surface area contributed by atoms with Gasteiger partial charge in [-0.1, -0.05) is 13.8 Å². The van der Waals surface area contributed by atoms with Crippen LogP contribution in [0.3, 0.4) is 0 Å². The molecule has 3 aromatic rings. The number of pyridine rings is 1. The standard InChI is InChI=1S/C19H25N3O/c1-4-21(5-2)11-6-12-22-18-13-15(23)7-8-16(18)17-9-10-20-14(3)19(17)22/h7-10,13,23H,4-6,11-12H2,1-3H3. The number of phenolic OH excluding ortho intramolecular Hbond substituents is 1. The highest BCUT2D eigenvalue weighted by atomic mass is 16.3. The van der Waals surface area contributed by atoms with Crippen LogP contribution in [0.4, 0.5) is 0 Å². The zero-order chi connectivity index (χ0) is 16.4. The predicted octanol–water partition coefficient (Wildman–Crippen LogP) is 3.94. The molecule has 1 aromatic carbocycles. The van der Waals surface area contributed by atoms with Gasteiger partial charge >= 0.3 is 0 Å². The zero-order valence-corrected chi connectivity index (χ0v) is 14.2. The van der Waals surface area contributed by atoms with Crippen molar-refractivity contribution in [3.8, 4) is 5.75 Å². The molecule has 0 bridgehead atoms. The monoisotopic (exact) mass is 311 g/mol. The molecular formula is C19H25N3O. The topological polar surface area (TPSA) is 41.3 Å². The first-order chi connectivity index (χ1) is 11.2. The summed E-state index contributed by atoms with van der Waals surface area (Å²) in [7, 11) is 0. The summed E-state index contributed by atoms with van der Waals surface area (Å²) >= 11 is 0. The molecule has 0 saturated heterocycles. The molecule has 1 N–H and O–H groups in total. The smallest absolute Gasteiger partial charge is 0.117 e. The third-order valence-electron chi connectivity index (χ3n) is 4.69. The minimum atomic E-state index is 0.316. The van der Waals surface area contributed by atoms with Gasteiger partial charge in [0.05, 0.1) is 16.7 Å². The second kappa shape index (κ2) is 6.59. The Morgan fingerprint density at radius 3 is 2.65 bits per heavy atom. The molecule has 0 spiro atoms. The maximum atomic E-state index is 9.90. The van der Waals surface area contributed by atoms with Crippen LogP contribution in [-0.2, 0) is 6.54 Å². The molecule has 2 aromatic heterocycles. The molecule has 4 nitrogen and oxygen atoms in total. The van der Waals surface area contributed by atoms with Gasteiger partial charge in [0, 0.05) is 29.6 Å². The molecule has 2 heterocycles. The first kappa shape index (κ1) is 15.8. The maximum Gasteiger partial charge on any atom is 0.117 e. The highest BCUT2D eigenvalue weighted by molar-refractivity contribution is 6.08. The van der Waals surface area contributed by atoms with Gasteiger partial charge in [0.15, 0.2) is 0 Å².